The fraction of sp³-hybridized carbons (Fsp3) is 1.00. The molecule has 0 aromatic carbocycles. The summed E-state index contributed by atoms with van der Waals surface area (Å²) < 4.78 is 10.4. The Morgan fingerprint density at radius 3 is 2.67 bits per heavy atom. The lowest BCUT2D eigenvalue weighted by Crippen LogP contribution is -2.34. The highest BCUT2D eigenvalue weighted by atomic mass is 16.7. The maximum absolute atomic E-state index is 5.39. The minimum atomic E-state index is 0.0955. The van der Waals surface area contributed by atoms with Gasteiger partial charge in [-0.15, -0.1) is 0 Å². The molecule has 0 N–H and O–H groups in total. The van der Waals surface area contributed by atoms with Gasteiger partial charge in [0.25, 0.3) is 0 Å². The molecule has 1 aliphatic heterocycles. The first-order chi connectivity index (χ1) is 4.27. The zero-order valence-electron chi connectivity index (χ0n) is 6.14. The highest BCUT2D eigenvalue weighted by Gasteiger charge is 2.25. The average molecular weight is 130 g/mol. The Kier molecular flexibility index (Phi) is 2.09. The average Bonchev–Trinajstić information content (AvgIpc) is 1.90. The van der Waals surface area contributed by atoms with Crippen LogP contribution in [0.1, 0.15) is 26.7 Å². The molecule has 1 saturated heterocycles. The molecule has 2 nitrogen and oxygen atoms in total. The highest BCUT2D eigenvalue weighted by Crippen LogP contribution is 2.22. The molecule has 0 radical (unpaired) electrons. The van der Waals surface area contributed by atoms with Crippen molar-refractivity contribution in [2.75, 3.05) is 13.4 Å². The van der Waals surface area contributed by atoms with Crippen molar-refractivity contribution in [1.29, 1.82) is 0 Å². The summed E-state index contributed by atoms with van der Waals surface area (Å²) in [5.41, 5.74) is 0.0955. The van der Waals surface area contributed by atoms with Crippen molar-refractivity contribution < 1.29 is 9.47 Å². The molecular weight excluding hydrogens is 116 g/mol. The lowest BCUT2D eigenvalue weighted by molar-refractivity contribution is -0.186. The number of rotatable bonds is 1. The van der Waals surface area contributed by atoms with Gasteiger partial charge < -0.3 is 9.47 Å². The van der Waals surface area contributed by atoms with Gasteiger partial charge in [0.1, 0.15) is 6.79 Å². The fourth-order valence-corrected chi connectivity index (χ4v) is 0.882. The maximum atomic E-state index is 5.39. The van der Waals surface area contributed by atoms with E-state index in [1.165, 1.54) is 0 Å². The van der Waals surface area contributed by atoms with Gasteiger partial charge in [-0.2, -0.15) is 0 Å². The molecule has 1 rings (SSSR count). The second-order valence-corrected chi connectivity index (χ2v) is 2.72. The van der Waals surface area contributed by atoms with Gasteiger partial charge in [0, 0.05) is 0 Å². The zero-order chi connectivity index (χ0) is 6.74. The van der Waals surface area contributed by atoms with E-state index < -0.39 is 0 Å². The molecule has 0 saturated carbocycles. The third-order valence-electron chi connectivity index (χ3n) is 2.01. The summed E-state index contributed by atoms with van der Waals surface area (Å²) >= 11 is 0. The van der Waals surface area contributed by atoms with E-state index in [9.17, 15) is 0 Å². The molecular formula is C7H14O2. The first-order valence-electron chi connectivity index (χ1n) is 3.48. The molecule has 0 aliphatic carbocycles. The molecule has 9 heavy (non-hydrogen) atoms. The topological polar surface area (TPSA) is 18.5 Å². The van der Waals surface area contributed by atoms with Crippen molar-refractivity contribution in [2.24, 2.45) is 0 Å². The van der Waals surface area contributed by atoms with E-state index in [1.807, 2.05) is 0 Å². The van der Waals surface area contributed by atoms with Crippen LogP contribution in [-0.4, -0.2) is 19.0 Å². The minimum Gasteiger partial charge on any atom is -0.355 e. The summed E-state index contributed by atoms with van der Waals surface area (Å²) in [4.78, 5) is 0. The molecule has 2 heteroatoms. The number of hydrogen-bond donors (Lipinski definition) is 0. The molecule has 1 atom stereocenters. The Balaban J connectivity index is 2.37. The van der Waals surface area contributed by atoms with Crippen LogP contribution in [0.4, 0.5) is 0 Å². The van der Waals surface area contributed by atoms with Crippen molar-refractivity contribution in [3.05, 3.63) is 0 Å². The SMILES string of the molecule is CCC1(C)CCOCO1. The van der Waals surface area contributed by atoms with Gasteiger partial charge in [-0.1, -0.05) is 6.92 Å². The summed E-state index contributed by atoms with van der Waals surface area (Å²) in [7, 11) is 0. The molecule has 0 aromatic heterocycles. The lowest BCUT2D eigenvalue weighted by Gasteiger charge is -2.32. The summed E-state index contributed by atoms with van der Waals surface area (Å²) in [5.74, 6) is 0. The van der Waals surface area contributed by atoms with Crippen LogP contribution in [0.5, 0.6) is 0 Å². The van der Waals surface area contributed by atoms with E-state index in [-0.39, 0.29) is 5.60 Å². The van der Waals surface area contributed by atoms with Crippen LogP contribution >= 0.6 is 0 Å². The first-order valence-corrected chi connectivity index (χ1v) is 3.48. The first kappa shape index (κ1) is 7.03. The largest absolute Gasteiger partial charge is 0.355 e. The molecule has 1 fully saturated rings. The predicted molar refractivity (Wildman–Crippen MR) is 35.2 cm³/mol. The molecule has 1 unspecified atom stereocenters. The fourth-order valence-electron chi connectivity index (χ4n) is 0.882. The van der Waals surface area contributed by atoms with Crippen molar-refractivity contribution >= 4 is 0 Å². The molecule has 1 heterocycles. The van der Waals surface area contributed by atoms with Crippen molar-refractivity contribution in [3.8, 4) is 0 Å². The van der Waals surface area contributed by atoms with E-state index in [1.54, 1.807) is 0 Å². The van der Waals surface area contributed by atoms with Gasteiger partial charge in [0.2, 0.25) is 0 Å². The Hall–Kier alpha value is -0.0800. The van der Waals surface area contributed by atoms with Gasteiger partial charge in [0.15, 0.2) is 0 Å². The highest BCUT2D eigenvalue weighted by molar-refractivity contribution is 4.73. The summed E-state index contributed by atoms with van der Waals surface area (Å²) in [5, 5.41) is 0. The quantitative estimate of drug-likeness (QED) is 0.536. The molecule has 0 bridgehead atoms. The normalized spacial score (nSPS) is 36.7. The van der Waals surface area contributed by atoms with E-state index in [0.29, 0.717) is 6.79 Å². The van der Waals surface area contributed by atoms with Gasteiger partial charge in [0.05, 0.1) is 12.2 Å². The van der Waals surface area contributed by atoms with E-state index >= 15 is 0 Å². The molecule has 0 aromatic rings. The standard InChI is InChI=1S/C7H14O2/c1-3-7(2)4-5-8-6-9-7/h3-6H2,1-2H3. The molecule has 54 valence electrons. The van der Waals surface area contributed by atoms with Crippen molar-refractivity contribution in [1.82, 2.24) is 0 Å². The molecule has 0 amide bonds. The smallest absolute Gasteiger partial charge is 0.147 e. The summed E-state index contributed by atoms with van der Waals surface area (Å²) in [6.07, 6.45) is 2.11. The number of hydrogen-bond acceptors (Lipinski definition) is 2. The van der Waals surface area contributed by atoms with Crippen LogP contribution in [-0.2, 0) is 9.47 Å². The summed E-state index contributed by atoms with van der Waals surface area (Å²) in [6.45, 7) is 5.61. The van der Waals surface area contributed by atoms with Gasteiger partial charge in [-0.25, -0.2) is 0 Å². The van der Waals surface area contributed by atoms with E-state index in [2.05, 4.69) is 13.8 Å². The van der Waals surface area contributed by atoms with Gasteiger partial charge in [-0.05, 0) is 19.8 Å². The van der Waals surface area contributed by atoms with E-state index in [4.69, 9.17) is 9.47 Å². The van der Waals surface area contributed by atoms with Crippen LogP contribution in [0.15, 0.2) is 0 Å². The second-order valence-electron chi connectivity index (χ2n) is 2.72. The Bertz CT molecular complexity index is 84.9. The van der Waals surface area contributed by atoms with Gasteiger partial charge >= 0.3 is 0 Å². The van der Waals surface area contributed by atoms with Crippen LogP contribution in [0.2, 0.25) is 0 Å². The van der Waals surface area contributed by atoms with Crippen LogP contribution in [0, 0.1) is 0 Å². The predicted octanol–water partition coefficient (Wildman–Crippen LogP) is 1.55. The lowest BCUT2D eigenvalue weighted by atomic mass is 9.99. The summed E-state index contributed by atoms with van der Waals surface area (Å²) in [6, 6.07) is 0. The van der Waals surface area contributed by atoms with Gasteiger partial charge in [-0.3, -0.25) is 0 Å². The Morgan fingerprint density at radius 1 is 1.56 bits per heavy atom. The Morgan fingerprint density at radius 2 is 2.33 bits per heavy atom. The third-order valence-corrected chi connectivity index (χ3v) is 2.01. The van der Waals surface area contributed by atoms with Crippen molar-refractivity contribution in [3.63, 3.8) is 0 Å². The zero-order valence-corrected chi connectivity index (χ0v) is 6.14. The van der Waals surface area contributed by atoms with Crippen molar-refractivity contribution in [2.45, 2.75) is 32.3 Å². The minimum absolute atomic E-state index is 0.0955. The number of ether oxygens (including phenoxy) is 2. The van der Waals surface area contributed by atoms with Crippen LogP contribution in [0.3, 0.4) is 0 Å². The second kappa shape index (κ2) is 2.67. The van der Waals surface area contributed by atoms with E-state index in [0.717, 1.165) is 19.4 Å². The Labute approximate surface area is 56.2 Å². The monoisotopic (exact) mass is 130 g/mol. The van der Waals surface area contributed by atoms with Crippen LogP contribution < -0.4 is 0 Å². The maximum Gasteiger partial charge on any atom is 0.147 e. The molecule has 1 aliphatic rings. The molecule has 0 spiro atoms. The van der Waals surface area contributed by atoms with Crippen LogP contribution in [0.25, 0.3) is 0 Å². The third kappa shape index (κ3) is 1.66.